The summed E-state index contributed by atoms with van der Waals surface area (Å²) in [6.45, 7) is 3.11. The topological polar surface area (TPSA) is 29.5 Å². The minimum Gasteiger partial charge on any atom is -0.385 e. The van der Waals surface area contributed by atoms with E-state index in [2.05, 4.69) is 15.9 Å². The summed E-state index contributed by atoms with van der Waals surface area (Å²) < 4.78 is 19.8. The average molecular weight is 344 g/mol. The molecule has 0 aliphatic carbocycles. The smallest absolute Gasteiger partial charge is 0.229 e. The highest BCUT2D eigenvalue weighted by molar-refractivity contribution is 9.10. The maximum atomic E-state index is 14.1. The summed E-state index contributed by atoms with van der Waals surface area (Å²) in [6.07, 6.45) is 2.31. The van der Waals surface area contributed by atoms with Gasteiger partial charge in [0.1, 0.15) is 5.82 Å². The van der Waals surface area contributed by atoms with Crippen molar-refractivity contribution in [2.75, 3.05) is 25.2 Å². The van der Waals surface area contributed by atoms with Crippen LogP contribution in [0.15, 0.2) is 16.6 Å². The third-order valence-corrected chi connectivity index (χ3v) is 4.11. The number of carbonyl (C=O) groups is 1. The minimum absolute atomic E-state index is 0.000996. The van der Waals surface area contributed by atoms with E-state index in [4.69, 9.17) is 4.74 Å². The average Bonchev–Trinajstić information content (AvgIpc) is 2.81. The first-order valence-corrected chi connectivity index (χ1v) is 7.62. The zero-order chi connectivity index (χ0) is 14.7. The third-order valence-electron chi connectivity index (χ3n) is 3.65. The molecule has 1 amide bonds. The Morgan fingerprint density at radius 3 is 3.00 bits per heavy atom. The molecule has 0 aromatic heterocycles. The summed E-state index contributed by atoms with van der Waals surface area (Å²) >= 11 is 3.29. The third kappa shape index (κ3) is 3.20. The highest BCUT2D eigenvalue weighted by atomic mass is 79.9. The molecular weight excluding hydrogens is 325 g/mol. The van der Waals surface area contributed by atoms with Gasteiger partial charge < -0.3 is 9.64 Å². The van der Waals surface area contributed by atoms with Crippen LogP contribution in [0, 0.1) is 11.7 Å². The van der Waals surface area contributed by atoms with Crippen LogP contribution in [0.4, 0.5) is 10.1 Å². The molecule has 1 heterocycles. The van der Waals surface area contributed by atoms with Crippen molar-refractivity contribution in [3.8, 4) is 0 Å². The van der Waals surface area contributed by atoms with Gasteiger partial charge in [-0.05, 0) is 37.0 Å². The van der Waals surface area contributed by atoms with Crippen LogP contribution in [0.3, 0.4) is 0 Å². The van der Waals surface area contributed by atoms with E-state index in [0.29, 0.717) is 25.3 Å². The largest absolute Gasteiger partial charge is 0.385 e. The number of halogens is 2. The van der Waals surface area contributed by atoms with Crippen molar-refractivity contribution in [1.29, 1.82) is 0 Å². The molecule has 0 N–H and O–H groups in total. The van der Waals surface area contributed by atoms with Gasteiger partial charge in [-0.2, -0.15) is 0 Å². The molecule has 0 saturated heterocycles. The molecule has 0 fully saturated rings. The zero-order valence-corrected chi connectivity index (χ0v) is 13.4. The second kappa shape index (κ2) is 6.68. The molecule has 1 aliphatic heterocycles. The molecule has 20 heavy (non-hydrogen) atoms. The standard InChI is InChI=1S/C15H19BrFNO2/c1-10(4-3-7-20-2)15(19)18-6-5-11-8-12(16)9-13(17)14(11)18/h8-10H,3-7H2,1-2H3/t10-/m1/s1. The van der Waals surface area contributed by atoms with Crippen molar-refractivity contribution in [2.24, 2.45) is 5.92 Å². The molecule has 3 nitrogen and oxygen atoms in total. The fourth-order valence-electron chi connectivity index (χ4n) is 2.60. The van der Waals surface area contributed by atoms with Gasteiger partial charge in [-0.1, -0.05) is 22.9 Å². The number of benzene rings is 1. The number of rotatable bonds is 5. The van der Waals surface area contributed by atoms with Crippen molar-refractivity contribution >= 4 is 27.5 Å². The highest BCUT2D eigenvalue weighted by Gasteiger charge is 2.30. The van der Waals surface area contributed by atoms with Crippen LogP contribution in [0.5, 0.6) is 0 Å². The van der Waals surface area contributed by atoms with Crippen LogP contribution in [0.1, 0.15) is 25.3 Å². The molecule has 0 saturated carbocycles. The number of fused-ring (bicyclic) bond motifs is 1. The molecule has 0 spiro atoms. The normalized spacial score (nSPS) is 15.3. The molecule has 110 valence electrons. The molecule has 0 unspecified atom stereocenters. The number of amides is 1. The van der Waals surface area contributed by atoms with Crippen LogP contribution in [0.2, 0.25) is 0 Å². The Kier molecular flexibility index (Phi) is 5.16. The molecule has 1 atom stereocenters. The van der Waals surface area contributed by atoms with Crippen LogP contribution in [-0.2, 0) is 16.0 Å². The van der Waals surface area contributed by atoms with Gasteiger partial charge in [-0.25, -0.2) is 4.39 Å². The lowest BCUT2D eigenvalue weighted by atomic mass is 10.0. The van der Waals surface area contributed by atoms with Crippen LogP contribution >= 0.6 is 15.9 Å². The fourth-order valence-corrected chi connectivity index (χ4v) is 3.08. The van der Waals surface area contributed by atoms with E-state index in [1.807, 2.05) is 13.0 Å². The van der Waals surface area contributed by atoms with Crippen LogP contribution in [-0.4, -0.2) is 26.2 Å². The van der Waals surface area contributed by atoms with Gasteiger partial charge in [-0.3, -0.25) is 4.79 Å². The molecule has 0 radical (unpaired) electrons. The lowest BCUT2D eigenvalue weighted by molar-refractivity contribution is -0.122. The Bertz CT molecular complexity index is 507. The van der Waals surface area contributed by atoms with Crippen molar-refractivity contribution < 1.29 is 13.9 Å². The quantitative estimate of drug-likeness (QED) is 0.765. The van der Waals surface area contributed by atoms with E-state index in [9.17, 15) is 9.18 Å². The van der Waals surface area contributed by atoms with Crippen molar-refractivity contribution in [3.05, 3.63) is 28.0 Å². The number of hydrogen-bond acceptors (Lipinski definition) is 2. The maximum Gasteiger partial charge on any atom is 0.229 e. The van der Waals surface area contributed by atoms with Gasteiger partial charge in [0.15, 0.2) is 0 Å². The first-order valence-electron chi connectivity index (χ1n) is 6.82. The Labute approximate surface area is 127 Å². The Morgan fingerprint density at radius 2 is 2.30 bits per heavy atom. The van der Waals surface area contributed by atoms with Crippen LogP contribution < -0.4 is 4.90 Å². The predicted molar refractivity (Wildman–Crippen MR) is 80.4 cm³/mol. The van der Waals surface area contributed by atoms with Crippen molar-refractivity contribution in [2.45, 2.75) is 26.2 Å². The lowest BCUT2D eigenvalue weighted by Gasteiger charge is -2.22. The second-order valence-corrected chi connectivity index (χ2v) is 6.09. The van der Waals surface area contributed by atoms with E-state index in [1.165, 1.54) is 6.07 Å². The lowest BCUT2D eigenvalue weighted by Crippen LogP contribution is -2.34. The van der Waals surface area contributed by atoms with E-state index < -0.39 is 0 Å². The Balaban J connectivity index is 2.11. The number of anilines is 1. The molecular formula is C15H19BrFNO2. The summed E-state index contributed by atoms with van der Waals surface area (Å²) in [4.78, 5) is 14.0. The highest BCUT2D eigenvalue weighted by Crippen LogP contribution is 2.34. The summed E-state index contributed by atoms with van der Waals surface area (Å²) in [5, 5.41) is 0. The molecule has 5 heteroatoms. The van der Waals surface area contributed by atoms with Gasteiger partial charge in [0, 0.05) is 30.7 Å². The fraction of sp³-hybridized carbons (Fsp3) is 0.533. The number of hydrogen-bond donors (Lipinski definition) is 0. The van der Waals surface area contributed by atoms with E-state index >= 15 is 0 Å². The first kappa shape index (κ1) is 15.4. The monoisotopic (exact) mass is 343 g/mol. The van der Waals surface area contributed by atoms with Gasteiger partial charge in [-0.15, -0.1) is 0 Å². The maximum absolute atomic E-state index is 14.1. The van der Waals surface area contributed by atoms with Gasteiger partial charge in [0.25, 0.3) is 0 Å². The van der Waals surface area contributed by atoms with Gasteiger partial charge >= 0.3 is 0 Å². The van der Waals surface area contributed by atoms with Gasteiger partial charge in [0.05, 0.1) is 5.69 Å². The van der Waals surface area contributed by atoms with E-state index in [1.54, 1.807) is 12.0 Å². The predicted octanol–water partition coefficient (Wildman–Crippen LogP) is 3.54. The minimum atomic E-state index is -0.329. The molecule has 1 aromatic carbocycles. The summed E-state index contributed by atoms with van der Waals surface area (Å²) in [6, 6.07) is 3.31. The van der Waals surface area contributed by atoms with Crippen molar-refractivity contribution in [1.82, 2.24) is 0 Å². The number of nitrogens with zero attached hydrogens (tertiary/aromatic N) is 1. The Hall–Kier alpha value is -0.940. The SMILES string of the molecule is COCCC[C@@H](C)C(=O)N1CCc2cc(Br)cc(F)c21. The molecule has 2 rings (SSSR count). The van der Waals surface area contributed by atoms with E-state index in [-0.39, 0.29) is 17.6 Å². The number of carbonyl (C=O) groups excluding carboxylic acids is 1. The van der Waals surface area contributed by atoms with Crippen molar-refractivity contribution in [3.63, 3.8) is 0 Å². The summed E-state index contributed by atoms with van der Waals surface area (Å²) in [7, 11) is 1.65. The molecule has 1 aromatic rings. The van der Waals surface area contributed by atoms with Crippen LogP contribution in [0.25, 0.3) is 0 Å². The first-order chi connectivity index (χ1) is 9.54. The molecule has 0 bridgehead atoms. The zero-order valence-electron chi connectivity index (χ0n) is 11.8. The van der Waals surface area contributed by atoms with Gasteiger partial charge in [0.2, 0.25) is 5.91 Å². The number of methoxy groups -OCH3 is 1. The number of ether oxygens (including phenoxy) is 1. The molecule has 1 aliphatic rings. The van der Waals surface area contributed by atoms with E-state index in [0.717, 1.165) is 22.9 Å². The summed E-state index contributed by atoms with van der Waals surface area (Å²) in [5.41, 5.74) is 1.35. The second-order valence-electron chi connectivity index (χ2n) is 5.17. The Morgan fingerprint density at radius 1 is 1.55 bits per heavy atom. The summed E-state index contributed by atoms with van der Waals surface area (Å²) in [5.74, 6) is -0.440.